The lowest BCUT2D eigenvalue weighted by atomic mass is 10.2. The van der Waals surface area contributed by atoms with Gasteiger partial charge in [0.15, 0.2) is 0 Å². The van der Waals surface area contributed by atoms with Crippen molar-refractivity contribution in [3.63, 3.8) is 0 Å². The Hall–Kier alpha value is -1.32. The Morgan fingerprint density at radius 2 is 2.47 bits per heavy atom. The number of aromatic nitrogens is 2. The molecule has 2 N–H and O–H groups in total. The fourth-order valence-corrected chi connectivity index (χ4v) is 1.67. The van der Waals surface area contributed by atoms with E-state index in [1.165, 1.54) is 19.3 Å². The van der Waals surface area contributed by atoms with Gasteiger partial charge in [0.2, 0.25) is 0 Å². The number of aryl methyl sites for hydroxylation is 1. The lowest BCUT2D eigenvalue weighted by Gasteiger charge is -2.03. The predicted octanol–water partition coefficient (Wildman–Crippen LogP) is 1.64. The third kappa shape index (κ3) is 2.81. The zero-order valence-electron chi connectivity index (χ0n) is 9.05. The van der Waals surface area contributed by atoms with Crippen LogP contribution in [-0.2, 0) is 0 Å². The summed E-state index contributed by atoms with van der Waals surface area (Å²) in [4.78, 5) is 11.6. The second-order valence-electron chi connectivity index (χ2n) is 4.25. The van der Waals surface area contributed by atoms with Crippen LogP contribution >= 0.6 is 0 Å². The monoisotopic (exact) mass is 207 g/mol. The Morgan fingerprint density at radius 3 is 3.07 bits per heavy atom. The van der Waals surface area contributed by atoms with Crippen LogP contribution in [0.5, 0.6) is 0 Å². The van der Waals surface area contributed by atoms with Gasteiger partial charge in [0.05, 0.1) is 11.8 Å². The molecule has 15 heavy (non-hydrogen) atoms. The van der Waals surface area contributed by atoms with Crippen molar-refractivity contribution in [2.24, 2.45) is 5.92 Å². The first-order valence-corrected chi connectivity index (χ1v) is 5.55. The van der Waals surface area contributed by atoms with E-state index in [0.717, 1.165) is 24.6 Å². The van der Waals surface area contributed by atoms with Crippen molar-refractivity contribution in [2.75, 3.05) is 6.54 Å². The average Bonchev–Trinajstić information content (AvgIpc) is 2.94. The maximum Gasteiger partial charge on any atom is 0.254 e. The van der Waals surface area contributed by atoms with Crippen molar-refractivity contribution in [3.05, 3.63) is 17.5 Å². The van der Waals surface area contributed by atoms with Crippen LogP contribution in [0.15, 0.2) is 6.20 Å². The van der Waals surface area contributed by atoms with E-state index in [1.807, 2.05) is 6.92 Å². The van der Waals surface area contributed by atoms with Gasteiger partial charge in [0.25, 0.3) is 5.91 Å². The van der Waals surface area contributed by atoms with Crippen molar-refractivity contribution < 1.29 is 4.79 Å². The van der Waals surface area contributed by atoms with Crippen LogP contribution in [0.2, 0.25) is 0 Å². The standard InChI is InChI=1S/C11H17N3O/c1-8-10(7-13-14-8)11(15)12-6-2-3-9-4-5-9/h7,9H,2-6H2,1H3,(H,12,15)(H,13,14). The molecule has 1 aliphatic carbocycles. The number of rotatable bonds is 5. The molecule has 0 aliphatic heterocycles. The molecular weight excluding hydrogens is 190 g/mol. The summed E-state index contributed by atoms with van der Waals surface area (Å²) >= 11 is 0. The fourth-order valence-electron chi connectivity index (χ4n) is 1.67. The van der Waals surface area contributed by atoms with E-state index in [1.54, 1.807) is 6.20 Å². The molecule has 2 rings (SSSR count). The number of hydrogen-bond donors (Lipinski definition) is 2. The SMILES string of the molecule is Cc1[nH]ncc1C(=O)NCCCC1CC1. The highest BCUT2D eigenvalue weighted by Gasteiger charge is 2.20. The normalized spacial score (nSPS) is 15.3. The van der Waals surface area contributed by atoms with Gasteiger partial charge in [-0.3, -0.25) is 9.89 Å². The Labute approximate surface area is 89.5 Å². The van der Waals surface area contributed by atoms with Crippen LogP contribution in [0.3, 0.4) is 0 Å². The largest absolute Gasteiger partial charge is 0.352 e. The van der Waals surface area contributed by atoms with Crippen LogP contribution in [0.25, 0.3) is 0 Å². The van der Waals surface area contributed by atoms with Crippen LogP contribution < -0.4 is 5.32 Å². The summed E-state index contributed by atoms with van der Waals surface area (Å²) in [6.45, 7) is 2.63. The molecular formula is C11H17N3O. The van der Waals surface area contributed by atoms with Gasteiger partial charge in [-0.2, -0.15) is 5.10 Å². The van der Waals surface area contributed by atoms with Crippen LogP contribution in [-0.4, -0.2) is 22.6 Å². The van der Waals surface area contributed by atoms with E-state index in [2.05, 4.69) is 15.5 Å². The van der Waals surface area contributed by atoms with Gasteiger partial charge in [-0.15, -0.1) is 0 Å². The van der Waals surface area contributed by atoms with E-state index < -0.39 is 0 Å². The van der Waals surface area contributed by atoms with Gasteiger partial charge in [0.1, 0.15) is 0 Å². The molecule has 0 atom stereocenters. The third-order valence-electron chi connectivity index (χ3n) is 2.85. The second kappa shape index (κ2) is 4.47. The Morgan fingerprint density at radius 1 is 1.67 bits per heavy atom. The summed E-state index contributed by atoms with van der Waals surface area (Å²) in [6, 6.07) is 0. The summed E-state index contributed by atoms with van der Waals surface area (Å²) in [7, 11) is 0. The van der Waals surface area contributed by atoms with Crippen molar-refractivity contribution in [1.29, 1.82) is 0 Å². The lowest BCUT2D eigenvalue weighted by molar-refractivity contribution is 0.0952. The van der Waals surface area contributed by atoms with E-state index in [9.17, 15) is 4.79 Å². The fraction of sp³-hybridized carbons (Fsp3) is 0.636. The molecule has 82 valence electrons. The number of carbonyl (C=O) groups excluding carboxylic acids is 1. The van der Waals surface area contributed by atoms with Crippen LogP contribution in [0, 0.1) is 12.8 Å². The quantitative estimate of drug-likeness (QED) is 0.721. The average molecular weight is 207 g/mol. The highest BCUT2D eigenvalue weighted by Crippen LogP contribution is 2.33. The maximum atomic E-state index is 11.6. The predicted molar refractivity (Wildman–Crippen MR) is 57.6 cm³/mol. The number of hydrogen-bond acceptors (Lipinski definition) is 2. The maximum absolute atomic E-state index is 11.6. The molecule has 1 amide bonds. The van der Waals surface area contributed by atoms with E-state index in [0.29, 0.717) is 5.56 Å². The molecule has 0 bridgehead atoms. The first-order chi connectivity index (χ1) is 7.27. The molecule has 0 aromatic carbocycles. The number of H-pyrrole nitrogens is 1. The highest BCUT2D eigenvalue weighted by molar-refractivity contribution is 5.94. The molecule has 0 saturated heterocycles. The number of aromatic amines is 1. The van der Waals surface area contributed by atoms with Crippen LogP contribution in [0.1, 0.15) is 41.7 Å². The van der Waals surface area contributed by atoms with E-state index >= 15 is 0 Å². The summed E-state index contributed by atoms with van der Waals surface area (Å²) < 4.78 is 0. The molecule has 1 aromatic heterocycles. The molecule has 1 saturated carbocycles. The number of nitrogens with zero attached hydrogens (tertiary/aromatic N) is 1. The second-order valence-corrected chi connectivity index (χ2v) is 4.25. The number of amides is 1. The molecule has 0 spiro atoms. The Kier molecular flexibility index (Phi) is 3.04. The Balaban J connectivity index is 1.69. The van der Waals surface area contributed by atoms with Gasteiger partial charge in [-0.1, -0.05) is 12.8 Å². The van der Waals surface area contributed by atoms with E-state index in [-0.39, 0.29) is 5.91 Å². The molecule has 0 radical (unpaired) electrons. The van der Waals surface area contributed by atoms with Crippen molar-refractivity contribution in [1.82, 2.24) is 15.5 Å². The minimum absolute atomic E-state index is 0.0166. The van der Waals surface area contributed by atoms with Crippen LogP contribution in [0.4, 0.5) is 0 Å². The number of nitrogens with one attached hydrogen (secondary N) is 2. The minimum atomic E-state index is -0.0166. The van der Waals surface area contributed by atoms with Gasteiger partial charge in [-0.25, -0.2) is 0 Å². The smallest absolute Gasteiger partial charge is 0.254 e. The van der Waals surface area contributed by atoms with Crippen molar-refractivity contribution in [3.8, 4) is 0 Å². The first kappa shape index (κ1) is 10.2. The molecule has 4 heteroatoms. The van der Waals surface area contributed by atoms with Gasteiger partial charge < -0.3 is 5.32 Å². The lowest BCUT2D eigenvalue weighted by Crippen LogP contribution is -2.24. The topological polar surface area (TPSA) is 57.8 Å². The molecule has 1 aliphatic rings. The minimum Gasteiger partial charge on any atom is -0.352 e. The zero-order valence-corrected chi connectivity index (χ0v) is 9.05. The molecule has 0 unspecified atom stereocenters. The highest BCUT2D eigenvalue weighted by atomic mass is 16.1. The summed E-state index contributed by atoms with van der Waals surface area (Å²) in [6.07, 6.45) is 6.69. The van der Waals surface area contributed by atoms with Gasteiger partial charge >= 0.3 is 0 Å². The Bertz CT molecular complexity index is 341. The third-order valence-corrected chi connectivity index (χ3v) is 2.85. The zero-order chi connectivity index (χ0) is 10.7. The summed E-state index contributed by atoms with van der Waals surface area (Å²) in [5, 5.41) is 9.49. The summed E-state index contributed by atoms with van der Waals surface area (Å²) in [5.74, 6) is 0.926. The number of carbonyl (C=O) groups is 1. The molecule has 4 nitrogen and oxygen atoms in total. The molecule has 1 fully saturated rings. The van der Waals surface area contributed by atoms with Crippen molar-refractivity contribution in [2.45, 2.75) is 32.6 Å². The van der Waals surface area contributed by atoms with Crippen molar-refractivity contribution >= 4 is 5.91 Å². The molecule has 1 heterocycles. The van der Waals surface area contributed by atoms with E-state index in [4.69, 9.17) is 0 Å². The van der Waals surface area contributed by atoms with Gasteiger partial charge in [-0.05, 0) is 25.7 Å². The summed E-state index contributed by atoms with van der Waals surface area (Å²) in [5.41, 5.74) is 1.48. The van der Waals surface area contributed by atoms with Gasteiger partial charge in [0, 0.05) is 12.2 Å². The molecule has 1 aromatic rings. The first-order valence-electron chi connectivity index (χ1n) is 5.55.